The van der Waals surface area contributed by atoms with Crippen LogP contribution in [0.2, 0.25) is 0 Å². The van der Waals surface area contributed by atoms with Gasteiger partial charge in [-0.3, -0.25) is 0 Å². The van der Waals surface area contributed by atoms with Crippen LogP contribution in [0.5, 0.6) is 17.2 Å². The Morgan fingerprint density at radius 2 is 1.52 bits per heavy atom. The highest BCUT2D eigenvalue weighted by Crippen LogP contribution is 2.24. The van der Waals surface area contributed by atoms with Gasteiger partial charge >= 0.3 is 0 Å². The van der Waals surface area contributed by atoms with Crippen LogP contribution in [0.3, 0.4) is 0 Å². The van der Waals surface area contributed by atoms with Crippen molar-refractivity contribution in [1.29, 1.82) is 0 Å². The highest BCUT2D eigenvalue weighted by molar-refractivity contribution is 7.99. The molecule has 0 radical (unpaired) electrons. The molecule has 3 aromatic rings. The third kappa shape index (κ3) is 4.95. The number of hydrogen-bond donors (Lipinski definition) is 0. The van der Waals surface area contributed by atoms with Crippen LogP contribution in [0.25, 0.3) is 11.4 Å². The minimum atomic E-state index is 0.587. The molecule has 3 rings (SSSR count). The van der Waals surface area contributed by atoms with E-state index in [0.29, 0.717) is 13.2 Å². The fraction of sp³-hybridized carbons (Fsp3) is 0.300. The normalized spacial score (nSPS) is 10.6. The van der Waals surface area contributed by atoms with Crippen molar-refractivity contribution in [3.63, 3.8) is 0 Å². The monoisotopic (exact) mass is 385 g/mol. The fourth-order valence-corrected chi connectivity index (χ4v) is 3.25. The van der Waals surface area contributed by atoms with Crippen molar-refractivity contribution < 1.29 is 14.2 Å². The van der Waals surface area contributed by atoms with Gasteiger partial charge in [-0.1, -0.05) is 11.8 Å². The predicted octanol–water partition coefficient (Wildman–Crippen LogP) is 4.06. The van der Waals surface area contributed by atoms with Crippen LogP contribution in [0.1, 0.15) is 6.92 Å². The van der Waals surface area contributed by atoms with Gasteiger partial charge in [-0.15, -0.1) is 10.2 Å². The molecule has 0 saturated heterocycles. The zero-order chi connectivity index (χ0) is 19.1. The van der Waals surface area contributed by atoms with E-state index in [1.165, 1.54) is 0 Å². The summed E-state index contributed by atoms with van der Waals surface area (Å²) in [5, 5.41) is 9.44. The summed E-state index contributed by atoms with van der Waals surface area (Å²) in [4.78, 5) is 0. The summed E-state index contributed by atoms with van der Waals surface area (Å²) in [5.74, 6) is 4.11. The van der Waals surface area contributed by atoms with Crippen molar-refractivity contribution in [2.24, 2.45) is 7.05 Å². The Morgan fingerprint density at radius 3 is 2.15 bits per heavy atom. The maximum absolute atomic E-state index is 5.77. The summed E-state index contributed by atoms with van der Waals surface area (Å²) in [6.45, 7) is 3.21. The molecule has 2 aromatic carbocycles. The van der Waals surface area contributed by atoms with E-state index in [-0.39, 0.29) is 0 Å². The van der Waals surface area contributed by atoms with E-state index in [0.717, 1.165) is 39.5 Å². The number of thioether (sulfide) groups is 1. The number of ether oxygens (including phenoxy) is 3. The predicted molar refractivity (Wildman–Crippen MR) is 107 cm³/mol. The maximum Gasteiger partial charge on any atom is 0.191 e. The summed E-state index contributed by atoms with van der Waals surface area (Å²) >= 11 is 1.62. The van der Waals surface area contributed by atoms with Gasteiger partial charge in [-0.25, -0.2) is 0 Å². The molecule has 6 nitrogen and oxygen atoms in total. The molecule has 27 heavy (non-hydrogen) atoms. The first kappa shape index (κ1) is 19.1. The molecule has 0 aliphatic rings. The van der Waals surface area contributed by atoms with Crippen molar-refractivity contribution in [1.82, 2.24) is 14.8 Å². The second-order valence-electron chi connectivity index (χ2n) is 5.70. The van der Waals surface area contributed by atoms with Crippen molar-refractivity contribution in [2.75, 3.05) is 26.1 Å². The van der Waals surface area contributed by atoms with E-state index in [9.17, 15) is 0 Å². The summed E-state index contributed by atoms with van der Waals surface area (Å²) in [7, 11) is 3.62. The van der Waals surface area contributed by atoms with Crippen LogP contribution < -0.4 is 14.2 Å². The highest BCUT2D eigenvalue weighted by atomic mass is 32.2. The number of hydrogen-bond acceptors (Lipinski definition) is 6. The lowest BCUT2D eigenvalue weighted by Gasteiger charge is -2.08. The second kappa shape index (κ2) is 9.32. The van der Waals surface area contributed by atoms with Gasteiger partial charge in [0.1, 0.15) is 17.2 Å². The van der Waals surface area contributed by atoms with Crippen LogP contribution in [-0.4, -0.2) is 40.8 Å². The smallest absolute Gasteiger partial charge is 0.191 e. The first-order valence-corrected chi connectivity index (χ1v) is 9.72. The van der Waals surface area contributed by atoms with Crippen LogP contribution in [0, 0.1) is 0 Å². The van der Waals surface area contributed by atoms with E-state index in [2.05, 4.69) is 10.2 Å². The van der Waals surface area contributed by atoms with Gasteiger partial charge in [0.05, 0.1) is 20.3 Å². The number of benzene rings is 2. The lowest BCUT2D eigenvalue weighted by molar-refractivity contribution is 0.332. The maximum atomic E-state index is 5.77. The Bertz CT molecular complexity index is 848. The lowest BCUT2D eigenvalue weighted by Crippen LogP contribution is -2.02. The van der Waals surface area contributed by atoms with E-state index < -0.39 is 0 Å². The quantitative estimate of drug-likeness (QED) is 0.409. The Kier molecular flexibility index (Phi) is 6.59. The summed E-state index contributed by atoms with van der Waals surface area (Å²) in [6.07, 6.45) is 0. The Labute approximate surface area is 163 Å². The van der Waals surface area contributed by atoms with Gasteiger partial charge in [0, 0.05) is 18.4 Å². The third-order valence-corrected chi connectivity index (χ3v) is 4.89. The molecule has 0 aliphatic carbocycles. The average Bonchev–Trinajstić information content (AvgIpc) is 3.07. The molecular weight excluding hydrogens is 362 g/mol. The minimum Gasteiger partial charge on any atom is -0.497 e. The molecule has 0 spiro atoms. The molecule has 0 N–H and O–H groups in total. The molecule has 1 heterocycles. The minimum absolute atomic E-state index is 0.587. The largest absolute Gasteiger partial charge is 0.497 e. The van der Waals surface area contributed by atoms with E-state index in [1.54, 1.807) is 18.9 Å². The first-order chi connectivity index (χ1) is 13.2. The van der Waals surface area contributed by atoms with Gasteiger partial charge < -0.3 is 18.8 Å². The van der Waals surface area contributed by atoms with Crippen LogP contribution >= 0.6 is 11.8 Å². The summed E-state index contributed by atoms with van der Waals surface area (Å²) in [5.41, 5.74) is 1.00. The molecule has 1 aromatic heterocycles. The van der Waals surface area contributed by atoms with Crippen LogP contribution in [-0.2, 0) is 7.05 Å². The van der Waals surface area contributed by atoms with E-state index in [4.69, 9.17) is 14.2 Å². The fourth-order valence-electron chi connectivity index (χ4n) is 2.52. The third-order valence-electron chi connectivity index (χ3n) is 3.90. The van der Waals surface area contributed by atoms with E-state index >= 15 is 0 Å². The molecule has 0 amide bonds. The van der Waals surface area contributed by atoms with Gasteiger partial charge in [0.25, 0.3) is 0 Å². The standard InChI is InChI=1S/C20H23N3O3S/c1-4-25-17-9-11-18(12-10-17)26-13-14-27-20-22-21-19(23(20)2)15-5-7-16(24-3)8-6-15/h5-12H,4,13-14H2,1-3H3. The summed E-state index contributed by atoms with van der Waals surface area (Å²) in [6, 6.07) is 15.5. The number of rotatable bonds is 9. The molecule has 0 fully saturated rings. The zero-order valence-electron chi connectivity index (χ0n) is 15.7. The van der Waals surface area contributed by atoms with Crippen LogP contribution in [0.15, 0.2) is 53.7 Å². The second-order valence-corrected chi connectivity index (χ2v) is 6.76. The number of methoxy groups -OCH3 is 1. The van der Waals surface area contributed by atoms with Gasteiger partial charge in [0.2, 0.25) is 0 Å². The molecular formula is C20H23N3O3S. The van der Waals surface area contributed by atoms with Gasteiger partial charge in [-0.2, -0.15) is 0 Å². The topological polar surface area (TPSA) is 58.4 Å². The molecule has 0 bridgehead atoms. The van der Waals surface area contributed by atoms with E-state index in [1.807, 2.05) is 67.1 Å². The lowest BCUT2D eigenvalue weighted by atomic mass is 10.2. The van der Waals surface area contributed by atoms with Crippen molar-refractivity contribution >= 4 is 11.8 Å². The molecule has 0 atom stereocenters. The van der Waals surface area contributed by atoms with Crippen LogP contribution in [0.4, 0.5) is 0 Å². The van der Waals surface area contributed by atoms with Gasteiger partial charge in [0.15, 0.2) is 11.0 Å². The Morgan fingerprint density at radius 1 is 0.889 bits per heavy atom. The van der Waals surface area contributed by atoms with Gasteiger partial charge in [-0.05, 0) is 55.5 Å². The number of aromatic nitrogens is 3. The Balaban J connectivity index is 1.52. The van der Waals surface area contributed by atoms with Crippen molar-refractivity contribution in [3.05, 3.63) is 48.5 Å². The molecule has 0 unspecified atom stereocenters. The van der Waals surface area contributed by atoms with Crippen molar-refractivity contribution in [2.45, 2.75) is 12.1 Å². The molecule has 7 heteroatoms. The average molecular weight is 385 g/mol. The summed E-state index contributed by atoms with van der Waals surface area (Å²) < 4.78 is 18.4. The molecule has 0 saturated carbocycles. The zero-order valence-corrected chi connectivity index (χ0v) is 16.5. The highest BCUT2D eigenvalue weighted by Gasteiger charge is 2.11. The van der Waals surface area contributed by atoms with Crippen molar-refractivity contribution in [3.8, 4) is 28.6 Å². The molecule has 0 aliphatic heterocycles. The Hall–Kier alpha value is -2.67. The SMILES string of the molecule is CCOc1ccc(OCCSc2nnc(-c3ccc(OC)cc3)n2C)cc1. The first-order valence-electron chi connectivity index (χ1n) is 8.73. The number of nitrogens with zero attached hydrogens (tertiary/aromatic N) is 3. The molecule has 142 valence electrons.